The molecule has 4 rings (SSSR count). The number of carbonyl (C=O) groups excluding carboxylic acids is 1. The Hall–Kier alpha value is -2.96. The normalized spacial score (nSPS) is 11.3. The Labute approximate surface area is 201 Å². The lowest BCUT2D eigenvalue weighted by molar-refractivity contribution is -0.113. The van der Waals surface area contributed by atoms with E-state index >= 15 is 0 Å². The standard InChI is InChI=1S/C20H20ClN7O3S2/c1-4-14-24-25-18(33-14)22-13(29)10-32-19-23-16-15(17(30)27(3)20(31)26(16)2)28(19)9-11-5-7-12(21)8-6-11/h5-8H,4,9-10H2,1-3H3,(H,22,25,29). The number of anilines is 1. The highest BCUT2D eigenvalue weighted by molar-refractivity contribution is 7.99. The van der Waals surface area contributed by atoms with Gasteiger partial charge in [0, 0.05) is 19.1 Å². The molecule has 33 heavy (non-hydrogen) atoms. The first-order valence-electron chi connectivity index (χ1n) is 9.94. The molecule has 0 radical (unpaired) electrons. The van der Waals surface area contributed by atoms with Gasteiger partial charge in [-0.25, -0.2) is 9.78 Å². The van der Waals surface area contributed by atoms with Gasteiger partial charge in [-0.1, -0.05) is 53.8 Å². The van der Waals surface area contributed by atoms with Crippen molar-refractivity contribution in [1.29, 1.82) is 0 Å². The van der Waals surface area contributed by atoms with E-state index in [9.17, 15) is 14.4 Å². The molecule has 0 aliphatic heterocycles. The summed E-state index contributed by atoms with van der Waals surface area (Å²) in [5.41, 5.74) is 0.514. The highest BCUT2D eigenvalue weighted by Crippen LogP contribution is 2.24. The van der Waals surface area contributed by atoms with Crippen molar-refractivity contribution in [2.24, 2.45) is 14.1 Å². The maximum absolute atomic E-state index is 13.0. The molecule has 3 heterocycles. The molecule has 10 nitrogen and oxygen atoms in total. The lowest BCUT2D eigenvalue weighted by atomic mass is 10.2. The number of amides is 1. The number of carbonyl (C=O) groups is 1. The maximum atomic E-state index is 13.0. The molecule has 0 aliphatic rings. The van der Waals surface area contributed by atoms with Crippen LogP contribution < -0.4 is 16.6 Å². The van der Waals surface area contributed by atoms with Gasteiger partial charge in [0.1, 0.15) is 5.01 Å². The van der Waals surface area contributed by atoms with E-state index < -0.39 is 11.2 Å². The summed E-state index contributed by atoms with van der Waals surface area (Å²) >= 11 is 8.49. The van der Waals surface area contributed by atoms with Crippen molar-refractivity contribution < 1.29 is 4.79 Å². The number of nitrogens with one attached hydrogen (secondary N) is 1. The van der Waals surface area contributed by atoms with Gasteiger partial charge in [-0.15, -0.1) is 10.2 Å². The van der Waals surface area contributed by atoms with Crippen LogP contribution in [-0.4, -0.2) is 40.5 Å². The zero-order valence-electron chi connectivity index (χ0n) is 18.0. The van der Waals surface area contributed by atoms with E-state index in [0.717, 1.165) is 21.6 Å². The summed E-state index contributed by atoms with van der Waals surface area (Å²) < 4.78 is 4.09. The first-order valence-corrected chi connectivity index (χ1v) is 12.1. The van der Waals surface area contributed by atoms with Crippen molar-refractivity contribution in [1.82, 2.24) is 28.9 Å². The third-order valence-corrected chi connectivity index (χ3v) is 7.13. The average molecular weight is 506 g/mol. The van der Waals surface area contributed by atoms with E-state index in [0.29, 0.717) is 21.9 Å². The monoisotopic (exact) mass is 505 g/mol. The van der Waals surface area contributed by atoms with E-state index in [1.807, 2.05) is 19.1 Å². The first kappa shape index (κ1) is 23.2. The molecule has 0 atom stereocenters. The molecule has 1 N–H and O–H groups in total. The number of hydrogen-bond acceptors (Lipinski definition) is 8. The molecule has 0 unspecified atom stereocenters. The van der Waals surface area contributed by atoms with Crippen molar-refractivity contribution in [3.8, 4) is 0 Å². The second kappa shape index (κ2) is 9.49. The summed E-state index contributed by atoms with van der Waals surface area (Å²) in [6.07, 6.45) is 0.741. The first-order chi connectivity index (χ1) is 15.8. The molecule has 3 aromatic heterocycles. The highest BCUT2D eigenvalue weighted by Gasteiger charge is 2.20. The SMILES string of the molecule is CCc1nnc(NC(=O)CSc2nc3c(c(=O)n(C)c(=O)n3C)n2Cc2ccc(Cl)cc2)s1. The van der Waals surface area contributed by atoms with Gasteiger partial charge in [0.05, 0.1) is 12.3 Å². The number of fused-ring (bicyclic) bond motifs is 1. The van der Waals surface area contributed by atoms with Gasteiger partial charge in [0.15, 0.2) is 16.3 Å². The third-order valence-electron chi connectivity index (χ3n) is 4.91. The number of halogens is 1. The minimum absolute atomic E-state index is 0.0409. The maximum Gasteiger partial charge on any atom is 0.332 e. The van der Waals surface area contributed by atoms with Crippen molar-refractivity contribution in [3.63, 3.8) is 0 Å². The van der Waals surface area contributed by atoms with Gasteiger partial charge >= 0.3 is 5.69 Å². The van der Waals surface area contributed by atoms with Crippen LogP contribution in [0.4, 0.5) is 5.13 Å². The van der Waals surface area contributed by atoms with Crippen molar-refractivity contribution >= 4 is 56.9 Å². The van der Waals surface area contributed by atoms with Crippen LogP contribution in [0.25, 0.3) is 11.2 Å². The van der Waals surface area contributed by atoms with Gasteiger partial charge in [0.2, 0.25) is 11.0 Å². The van der Waals surface area contributed by atoms with Crippen LogP contribution in [0.15, 0.2) is 39.0 Å². The number of benzene rings is 1. The molecule has 0 saturated carbocycles. The number of thioether (sulfide) groups is 1. The number of hydrogen-bond donors (Lipinski definition) is 1. The Balaban J connectivity index is 1.68. The van der Waals surface area contributed by atoms with Crippen molar-refractivity contribution in [3.05, 3.63) is 60.7 Å². The van der Waals surface area contributed by atoms with Crippen LogP contribution in [-0.2, 0) is 31.9 Å². The Morgan fingerprint density at radius 2 is 1.88 bits per heavy atom. The zero-order valence-corrected chi connectivity index (χ0v) is 20.4. The molecule has 0 fully saturated rings. The number of rotatable bonds is 7. The lowest BCUT2D eigenvalue weighted by Crippen LogP contribution is -2.37. The molecule has 1 amide bonds. The summed E-state index contributed by atoms with van der Waals surface area (Å²) in [6.45, 7) is 2.28. The largest absolute Gasteiger partial charge is 0.332 e. The predicted octanol–water partition coefficient (Wildman–Crippen LogP) is 2.28. The molecule has 0 spiro atoms. The summed E-state index contributed by atoms with van der Waals surface area (Å²) in [5.74, 6) is -0.232. The molecule has 0 saturated heterocycles. The molecule has 4 aromatic rings. The average Bonchev–Trinajstić information content (AvgIpc) is 3.41. The van der Waals surface area contributed by atoms with Crippen molar-refractivity contribution in [2.75, 3.05) is 11.1 Å². The smallest absolute Gasteiger partial charge is 0.309 e. The fraction of sp³-hybridized carbons (Fsp3) is 0.300. The number of imidazole rings is 1. The third kappa shape index (κ3) is 4.72. The number of nitrogens with zero attached hydrogens (tertiary/aromatic N) is 6. The van der Waals surface area contributed by atoms with Gasteiger partial charge in [-0.2, -0.15) is 0 Å². The van der Waals surface area contributed by atoms with E-state index in [2.05, 4.69) is 20.5 Å². The van der Waals surface area contributed by atoms with Gasteiger partial charge in [-0.05, 0) is 24.1 Å². The van der Waals surface area contributed by atoms with Crippen LogP contribution in [0.2, 0.25) is 5.02 Å². The number of aromatic nitrogens is 6. The Bertz CT molecular complexity index is 1450. The second-order valence-corrected chi connectivity index (χ2v) is 9.62. The highest BCUT2D eigenvalue weighted by atomic mass is 35.5. The van der Waals surface area contributed by atoms with Crippen molar-refractivity contribution in [2.45, 2.75) is 25.0 Å². The Kier molecular flexibility index (Phi) is 6.68. The van der Waals surface area contributed by atoms with E-state index in [4.69, 9.17) is 11.6 Å². The minimum Gasteiger partial charge on any atom is -0.309 e. The van der Waals surface area contributed by atoms with Gasteiger partial charge < -0.3 is 4.57 Å². The van der Waals surface area contributed by atoms with Crippen LogP contribution in [0.3, 0.4) is 0 Å². The van der Waals surface area contributed by atoms with Crippen LogP contribution in [0.5, 0.6) is 0 Å². The fourth-order valence-corrected chi connectivity index (χ4v) is 4.80. The van der Waals surface area contributed by atoms with E-state index in [-0.39, 0.29) is 22.8 Å². The molecular weight excluding hydrogens is 486 g/mol. The van der Waals surface area contributed by atoms with Gasteiger partial charge in [0.25, 0.3) is 5.56 Å². The van der Waals surface area contributed by atoms with Gasteiger partial charge in [-0.3, -0.25) is 24.0 Å². The molecule has 13 heteroatoms. The minimum atomic E-state index is -0.471. The zero-order chi connectivity index (χ0) is 23.7. The molecule has 0 aliphatic carbocycles. The predicted molar refractivity (Wildman–Crippen MR) is 129 cm³/mol. The summed E-state index contributed by atoms with van der Waals surface area (Å²) in [5, 5.41) is 13.0. The molecule has 172 valence electrons. The fourth-order valence-electron chi connectivity index (χ4n) is 3.19. The molecule has 0 bridgehead atoms. The Morgan fingerprint density at radius 3 is 2.55 bits per heavy atom. The van der Waals surface area contributed by atoms with Crippen LogP contribution in [0.1, 0.15) is 17.5 Å². The van der Waals surface area contributed by atoms with Crippen LogP contribution in [0, 0.1) is 0 Å². The number of aryl methyl sites for hydroxylation is 2. The van der Waals surface area contributed by atoms with Crippen LogP contribution >= 0.6 is 34.7 Å². The summed E-state index contributed by atoms with van der Waals surface area (Å²) in [7, 11) is 2.99. The molecular formula is C20H20ClN7O3S2. The summed E-state index contributed by atoms with van der Waals surface area (Å²) in [6, 6.07) is 7.22. The lowest BCUT2D eigenvalue weighted by Gasteiger charge is -2.10. The summed E-state index contributed by atoms with van der Waals surface area (Å²) in [4.78, 5) is 42.4. The van der Waals surface area contributed by atoms with E-state index in [1.165, 1.54) is 34.7 Å². The molecule has 1 aromatic carbocycles. The second-order valence-electron chi connectivity index (χ2n) is 7.18. The van der Waals surface area contributed by atoms with E-state index in [1.54, 1.807) is 23.7 Å². The quantitative estimate of drug-likeness (QED) is 0.383. The Morgan fingerprint density at radius 1 is 1.15 bits per heavy atom. The topological polar surface area (TPSA) is 117 Å².